The normalized spacial score (nSPS) is 36.4. The number of rotatable bonds is 9. The van der Waals surface area contributed by atoms with Crippen LogP contribution in [0.15, 0.2) is 24.3 Å². The predicted octanol–water partition coefficient (Wildman–Crippen LogP) is 3.51. The number of nitrogens with one attached hydrogen (secondary N) is 1. The van der Waals surface area contributed by atoms with E-state index in [1.807, 2.05) is 13.8 Å². The average molecular weight is 576 g/mol. The van der Waals surface area contributed by atoms with Crippen molar-refractivity contribution in [3.63, 3.8) is 0 Å². The van der Waals surface area contributed by atoms with Crippen LogP contribution >= 0.6 is 0 Å². The molecule has 0 aromatic heterocycles. The van der Waals surface area contributed by atoms with Gasteiger partial charge in [0, 0.05) is 31.1 Å². The maximum Gasteiger partial charge on any atom is 0.328 e. The summed E-state index contributed by atoms with van der Waals surface area (Å²) in [4.78, 5) is 50.0. The fourth-order valence-corrected chi connectivity index (χ4v) is 6.98. The van der Waals surface area contributed by atoms with Crippen molar-refractivity contribution in [2.75, 3.05) is 6.61 Å². The molecule has 1 amide bonds. The van der Waals surface area contributed by atoms with Crippen molar-refractivity contribution < 1.29 is 48.2 Å². The van der Waals surface area contributed by atoms with E-state index in [0.29, 0.717) is 12.3 Å². The second-order valence-corrected chi connectivity index (χ2v) is 12.0. The van der Waals surface area contributed by atoms with Gasteiger partial charge >= 0.3 is 11.9 Å². The van der Waals surface area contributed by atoms with E-state index in [1.54, 1.807) is 19.1 Å². The fourth-order valence-electron chi connectivity index (χ4n) is 6.98. The molecule has 226 valence electrons. The Morgan fingerprint density at radius 1 is 1.07 bits per heavy atom. The van der Waals surface area contributed by atoms with E-state index in [0.717, 1.165) is 24.8 Å². The van der Waals surface area contributed by atoms with Gasteiger partial charge in [-0.05, 0) is 62.6 Å². The van der Waals surface area contributed by atoms with Crippen molar-refractivity contribution in [2.45, 2.75) is 103 Å². The van der Waals surface area contributed by atoms with Crippen LogP contribution in [0.3, 0.4) is 0 Å². The van der Waals surface area contributed by atoms with Crippen molar-refractivity contribution >= 4 is 17.8 Å². The second-order valence-electron chi connectivity index (χ2n) is 12.0. The lowest BCUT2D eigenvalue weighted by Crippen LogP contribution is -2.70. The molecule has 6 rings (SSSR count). The van der Waals surface area contributed by atoms with Gasteiger partial charge in [0.1, 0.15) is 11.8 Å². The lowest BCUT2D eigenvalue weighted by atomic mass is 9.58. The summed E-state index contributed by atoms with van der Waals surface area (Å²) in [6.07, 6.45) is 1.72. The first kappa shape index (κ1) is 29.8. The molecular formula is C30H41NO10. The number of esters is 2. The zero-order valence-corrected chi connectivity index (χ0v) is 24.1. The van der Waals surface area contributed by atoms with Crippen molar-refractivity contribution in [2.24, 2.45) is 23.7 Å². The Hall–Kier alpha value is -2.73. The van der Waals surface area contributed by atoms with E-state index in [1.165, 1.54) is 12.1 Å². The summed E-state index contributed by atoms with van der Waals surface area (Å²) in [5, 5.41) is 12.2. The third-order valence-electron chi connectivity index (χ3n) is 9.18. The standard InChI is InChI=1S/C30H41NO10/c1-5-36-26(35)23(16-19-7-9-20(32)10-8-19)31-24(33)12-13-25(34)37-27-18(3)22-11-6-17(2)21-14-15-29(4)39-28(38-27)30(21,22)41-40-29/h7-10,17-18,21-23,27-28,32H,5-6,11-16H2,1-4H3,(H,31,33)/t17-,18-,21+,22+,23+,27-,28-,29+,30-/m1/s1. The molecule has 5 fully saturated rings. The predicted molar refractivity (Wildman–Crippen MR) is 143 cm³/mol. The summed E-state index contributed by atoms with van der Waals surface area (Å²) in [7, 11) is 0. The smallest absolute Gasteiger partial charge is 0.328 e. The summed E-state index contributed by atoms with van der Waals surface area (Å²) < 4.78 is 23.5. The van der Waals surface area contributed by atoms with Gasteiger partial charge in [0.2, 0.25) is 18.0 Å². The van der Waals surface area contributed by atoms with E-state index in [-0.39, 0.29) is 49.4 Å². The number of benzene rings is 1. The summed E-state index contributed by atoms with van der Waals surface area (Å²) in [5.41, 5.74) is -0.0195. The molecule has 2 bridgehead atoms. The van der Waals surface area contributed by atoms with Crippen LogP contribution in [0.1, 0.15) is 71.8 Å². The Kier molecular flexibility index (Phi) is 8.61. The quantitative estimate of drug-likeness (QED) is 0.332. The fraction of sp³-hybridized carbons (Fsp3) is 0.700. The topological polar surface area (TPSA) is 139 Å². The first-order valence-electron chi connectivity index (χ1n) is 14.7. The molecular weight excluding hydrogens is 534 g/mol. The maximum atomic E-state index is 12.9. The zero-order valence-electron chi connectivity index (χ0n) is 24.1. The van der Waals surface area contributed by atoms with Crippen LogP contribution in [0, 0.1) is 23.7 Å². The number of aromatic hydroxyl groups is 1. The van der Waals surface area contributed by atoms with Gasteiger partial charge in [-0.15, -0.1) is 0 Å². The zero-order chi connectivity index (χ0) is 29.4. The molecule has 4 saturated heterocycles. The Morgan fingerprint density at radius 3 is 2.56 bits per heavy atom. The molecule has 9 atom stereocenters. The van der Waals surface area contributed by atoms with E-state index < -0.39 is 47.9 Å². The molecule has 4 heterocycles. The number of carbonyl (C=O) groups excluding carboxylic acids is 3. The number of phenols is 1. The summed E-state index contributed by atoms with van der Waals surface area (Å²) >= 11 is 0. The van der Waals surface area contributed by atoms with Crippen LogP contribution in [0.4, 0.5) is 0 Å². The summed E-state index contributed by atoms with van der Waals surface area (Å²) in [6, 6.07) is 5.40. The third kappa shape index (κ3) is 5.95. The highest BCUT2D eigenvalue weighted by Crippen LogP contribution is 2.60. The van der Waals surface area contributed by atoms with Gasteiger partial charge in [-0.25, -0.2) is 14.6 Å². The van der Waals surface area contributed by atoms with Crippen LogP contribution in [0.25, 0.3) is 0 Å². The number of hydrogen-bond donors (Lipinski definition) is 2. The van der Waals surface area contributed by atoms with Crippen molar-refractivity contribution in [1.82, 2.24) is 5.32 Å². The largest absolute Gasteiger partial charge is 0.508 e. The molecule has 1 aliphatic carbocycles. The summed E-state index contributed by atoms with van der Waals surface area (Å²) in [5.74, 6) is -2.02. The third-order valence-corrected chi connectivity index (χ3v) is 9.18. The molecule has 2 N–H and O–H groups in total. The Morgan fingerprint density at radius 2 is 1.83 bits per heavy atom. The monoisotopic (exact) mass is 575 g/mol. The number of carbonyl (C=O) groups is 3. The lowest BCUT2D eigenvalue weighted by molar-refractivity contribution is -0.576. The number of hydrogen-bond acceptors (Lipinski definition) is 10. The molecule has 0 radical (unpaired) electrons. The molecule has 41 heavy (non-hydrogen) atoms. The van der Waals surface area contributed by atoms with Crippen molar-refractivity contribution in [3.05, 3.63) is 29.8 Å². The van der Waals surface area contributed by atoms with E-state index in [9.17, 15) is 19.5 Å². The van der Waals surface area contributed by atoms with Crippen LogP contribution in [0.2, 0.25) is 0 Å². The van der Waals surface area contributed by atoms with Gasteiger partial charge in [0.15, 0.2) is 11.9 Å². The number of amides is 1. The highest BCUT2D eigenvalue weighted by Gasteiger charge is 2.69. The van der Waals surface area contributed by atoms with Crippen LogP contribution in [-0.4, -0.2) is 59.6 Å². The minimum atomic E-state index is -0.936. The van der Waals surface area contributed by atoms with Gasteiger partial charge < -0.3 is 29.4 Å². The van der Waals surface area contributed by atoms with Crippen LogP contribution < -0.4 is 5.32 Å². The number of phenolic OH excluding ortho intramolecular Hbond substituents is 1. The molecule has 11 heteroatoms. The molecule has 4 aliphatic heterocycles. The first-order chi connectivity index (χ1) is 19.5. The highest BCUT2D eigenvalue weighted by atomic mass is 17.3. The van der Waals surface area contributed by atoms with E-state index in [4.69, 9.17) is 28.7 Å². The minimum absolute atomic E-state index is 0.0106. The maximum absolute atomic E-state index is 12.9. The Balaban J connectivity index is 1.19. The SMILES string of the molecule is CCOC(=O)[C@H](Cc1ccc(O)cc1)NC(=O)CCC(=O)O[C@@H]1O[C@@H]2O[C@]3(C)CC[C@H]4[C@H](C)CC[C@@H]([C@H]1C)[C@@]24OO3. The van der Waals surface area contributed by atoms with Crippen molar-refractivity contribution in [1.29, 1.82) is 0 Å². The van der Waals surface area contributed by atoms with Crippen LogP contribution in [-0.2, 0) is 49.5 Å². The molecule has 1 saturated carbocycles. The van der Waals surface area contributed by atoms with Gasteiger partial charge in [-0.1, -0.05) is 26.0 Å². The average Bonchev–Trinajstić information content (AvgIpc) is 3.17. The first-order valence-corrected chi connectivity index (χ1v) is 14.7. The van der Waals surface area contributed by atoms with Crippen LogP contribution in [0.5, 0.6) is 5.75 Å². The van der Waals surface area contributed by atoms with E-state index >= 15 is 0 Å². The number of fused-ring (bicyclic) bond motifs is 2. The molecule has 0 unspecified atom stereocenters. The van der Waals surface area contributed by atoms with Gasteiger partial charge in [-0.2, -0.15) is 0 Å². The van der Waals surface area contributed by atoms with Gasteiger partial charge in [0.25, 0.3) is 0 Å². The molecule has 1 aromatic rings. The van der Waals surface area contributed by atoms with Gasteiger partial charge in [-0.3, -0.25) is 9.59 Å². The highest BCUT2D eigenvalue weighted by molar-refractivity contribution is 5.86. The van der Waals surface area contributed by atoms with Crippen molar-refractivity contribution in [3.8, 4) is 5.75 Å². The second kappa shape index (κ2) is 11.9. The molecule has 1 spiro atoms. The minimum Gasteiger partial charge on any atom is -0.508 e. The lowest BCUT2D eigenvalue weighted by Gasteiger charge is -2.59. The molecule has 11 nitrogen and oxygen atoms in total. The Labute approximate surface area is 240 Å². The molecule has 1 aromatic carbocycles. The van der Waals surface area contributed by atoms with E-state index in [2.05, 4.69) is 12.2 Å². The summed E-state index contributed by atoms with van der Waals surface area (Å²) in [6.45, 7) is 7.90. The Bertz CT molecular complexity index is 1130. The molecule has 5 aliphatic rings. The van der Waals surface area contributed by atoms with Gasteiger partial charge in [0.05, 0.1) is 13.0 Å². The number of ether oxygens (including phenoxy) is 4.